The van der Waals surface area contributed by atoms with Crippen LogP contribution in [0, 0.1) is 0 Å². The molecule has 2 aliphatic rings. The SMILES string of the molecule is COC[C@H]1N2C/C=C\COc3ccccc3[C@H](c3ccccc3)N1n1ccc(=O)c(O)c1C2=O. The molecule has 8 heteroatoms. The lowest BCUT2D eigenvalue weighted by atomic mass is 9.96. The van der Waals surface area contributed by atoms with Crippen molar-refractivity contribution in [2.24, 2.45) is 0 Å². The Labute approximate surface area is 196 Å². The average Bonchev–Trinajstić information content (AvgIpc) is 2.87. The summed E-state index contributed by atoms with van der Waals surface area (Å²) in [6, 6.07) is 18.5. The zero-order valence-electron chi connectivity index (χ0n) is 18.7. The number of aromatic hydroxyl groups is 1. The number of benzene rings is 2. The fourth-order valence-corrected chi connectivity index (χ4v) is 4.62. The summed E-state index contributed by atoms with van der Waals surface area (Å²) in [5.74, 6) is -0.318. The average molecular weight is 460 g/mol. The van der Waals surface area contributed by atoms with Gasteiger partial charge in [0.2, 0.25) is 5.43 Å². The van der Waals surface area contributed by atoms with Crippen LogP contribution in [0.1, 0.15) is 27.7 Å². The Morgan fingerprint density at radius 3 is 2.59 bits per heavy atom. The van der Waals surface area contributed by atoms with E-state index in [4.69, 9.17) is 9.47 Å². The quantitative estimate of drug-likeness (QED) is 0.607. The van der Waals surface area contributed by atoms with Gasteiger partial charge in [0.15, 0.2) is 11.4 Å². The number of amides is 1. The molecule has 0 fully saturated rings. The molecule has 0 aliphatic carbocycles. The second-order valence-electron chi connectivity index (χ2n) is 8.13. The van der Waals surface area contributed by atoms with Gasteiger partial charge in [-0.15, -0.1) is 0 Å². The zero-order valence-corrected chi connectivity index (χ0v) is 18.7. The van der Waals surface area contributed by atoms with E-state index >= 15 is 0 Å². The van der Waals surface area contributed by atoms with Crippen LogP contribution in [0.4, 0.5) is 0 Å². The van der Waals surface area contributed by atoms with E-state index in [1.807, 2.05) is 71.8 Å². The van der Waals surface area contributed by atoms with Crippen LogP contribution >= 0.6 is 0 Å². The third-order valence-electron chi connectivity index (χ3n) is 6.14. The molecule has 3 heterocycles. The van der Waals surface area contributed by atoms with E-state index in [0.29, 0.717) is 12.4 Å². The lowest BCUT2D eigenvalue weighted by Crippen LogP contribution is -2.64. The van der Waals surface area contributed by atoms with Crippen molar-refractivity contribution in [3.63, 3.8) is 0 Å². The molecule has 1 N–H and O–H groups in total. The molecule has 0 saturated carbocycles. The molecule has 2 bridgehead atoms. The highest BCUT2D eigenvalue weighted by Gasteiger charge is 2.43. The van der Waals surface area contributed by atoms with Crippen LogP contribution in [0.15, 0.2) is 83.8 Å². The topological polar surface area (TPSA) is 84.2 Å². The Balaban J connectivity index is 1.86. The summed E-state index contributed by atoms with van der Waals surface area (Å²) in [4.78, 5) is 27.5. The lowest BCUT2D eigenvalue weighted by Gasteiger charge is -2.49. The van der Waals surface area contributed by atoms with E-state index in [0.717, 1.165) is 11.1 Å². The third-order valence-corrected chi connectivity index (χ3v) is 6.14. The lowest BCUT2D eigenvalue weighted by molar-refractivity contribution is 0.0388. The van der Waals surface area contributed by atoms with Gasteiger partial charge in [0.1, 0.15) is 24.6 Å². The molecule has 0 radical (unpaired) electrons. The molecule has 0 saturated heterocycles. The second-order valence-corrected chi connectivity index (χ2v) is 8.13. The molecule has 3 aromatic rings. The maximum Gasteiger partial charge on any atom is 0.278 e. The molecule has 8 nitrogen and oxygen atoms in total. The zero-order chi connectivity index (χ0) is 23.7. The number of hydrogen-bond acceptors (Lipinski definition) is 6. The first-order chi connectivity index (χ1) is 16.6. The largest absolute Gasteiger partial charge is 0.502 e. The number of pyridine rings is 1. The molecule has 0 spiro atoms. The molecule has 1 aromatic heterocycles. The maximum absolute atomic E-state index is 13.6. The molecule has 34 heavy (non-hydrogen) atoms. The number of carbonyl (C=O) groups is 1. The minimum atomic E-state index is -0.607. The van der Waals surface area contributed by atoms with Gasteiger partial charge in [-0.1, -0.05) is 54.6 Å². The van der Waals surface area contributed by atoms with Crippen molar-refractivity contribution in [3.05, 3.63) is 106 Å². The highest BCUT2D eigenvalue weighted by Crippen LogP contribution is 2.38. The number of fused-ring (bicyclic) bond motifs is 5. The number of rotatable bonds is 3. The van der Waals surface area contributed by atoms with Gasteiger partial charge in [-0.3, -0.25) is 19.3 Å². The van der Waals surface area contributed by atoms with E-state index in [9.17, 15) is 14.7 Å². The number of aromatic nitrogens is 1. The van der Waals surface area contributed by atoms with Crippen LogP contribution in [-0.2, 0) is 4.74 Å². The van der Waals surface area contributed by atoms with Crippen LogP contribution in [0.3, 0.4) is 0 Å². The van der Waals surface area contributed by atoms with Crippen molar-refractivity contribution in [2.75, 3.05) is 31.9 Å². The molecule has 1 amide bonds. The molecule has 2 aliphatic heterocycles. The molecule has 5 rings (SSSR count). The number of para-hydroxylation sites is 1. The summed E-state index contributed by atoms with van der Waals surface area (Å²) in [5, 5.41) is 12.7. The van der Waals surface area contributed by atoms with Gasteiger partial charge < -0.3 is 19.5 Å². The Morgan fingerprint density at radius 2 is 1.79 bits per heavy atom. The molecule has 174 valence electrons. The summed E-state index contributed by atoms with van der Waals surface area (Å²) in [6.07, 6.45) is 4.70. The van der Waals surface area contributed by atoms with E-state index in [2.05, 4.69) is 0 Å². The van der Waals surface area contributed by atoms with Crippen LogP contribution in [-0.4, -0.2) is 53.6 Å². The number of nitrogens with zero attached hydrogens (tertiary/aromatic N) is 3. The standard InChI is InChI=1S/C26H25N3O5/c1-33-17-22-27-14-7-8-16-34-21-12-6-5-11-19(21)23(18-9-3-2-4-10-18)29(22)28-15-13-20(30)25(31)24(28)26(27)32/h2-13,15,22-23,31H,14,16-17H2,1H3/b8-7-/t22-,23-/m0/s1. The first-order valence-corrected chi connectivity index (χ1v) is 11.1. The first kappa shape index (κ1) is 21.8. The predicted molar refractivity (Wildman–Crippen MR) is 127 cm³/mol. The van der Waals surface area contributed by atoms with Crippen molar-refractivity contribution in [2.45, 2.75) is 12.2 Å². The van der Waals surface area contributed by atoms with Crippen molar-refractivity contribution < 1.29 is 19.4 Å². The van der Waals surface area contributed by atoms with E-state index in [1.165, 1.54) is 12.3 Å². The Morgan fingerprint density at radius 1 is 1.03 bits per heavy atom. The fraction of sp³-hybridized carbons (Fsp3) is 0.231. The van der Waals surface area contributed by atoms with Gasteiger partial charge in [0.25, 0.3) is 5.91 Å². The molecule has 0 unspecified atom stereocenters. The number of hydrogen-bond donors (Lipinski definition) is 1. The Bertz CT molecular complexity index is 1290. The van der Waals surface area contributed by atoms with E-state index in [-0.39, 0.29) is 18.8 Å². The highest BCUT2D eigenvalue weighted by molar-refractivity contribution is 5.96. The van der Waals surface area contributed by atoms with Gasteiger partial charge in [-0.2, -0.15) is 0 Å². The Hall–Kier alpha value is -4.04. The summed E-state index contributed by atoms with van der Waals surface area (Å²) >= 11 is 0. The predicted octanol–water partition coefficient (Wildman–Crippen LogP) is 2.66. The third kappa shape index (κ3) is 3.62. The van der Waals surface area contributed by atoms with Gasteiger partial charge in [0, 0.05) is 31.5 Å². The summed E-state index contributed by atoms with van der Waals surface area (Å²) < 4.78 is 13.3. The summed E-state index contributed by atoms with van der Waals surface area (Å²) in [5.41, 5.74) is 1.14. The van der Waals surface area contributed by atoms with Crippen LogP contribution in [0.5, 0.6) is 11.5 Å². The molecular weight excluding hydrogens is 434 g/mol. The minimum absolute atomic E-state index is 0.0770. The number of methoxy groups -OCH3 is 1. The van der Waals surface area contributed by atoms with Gasteiger partial charge in [-0.05, 0) is 17.7 Å². The second kappa shape index (κ2) is 9.07. The van der Waals surface area contributed by atoms with Crippen LogP contribution in [0.2, 0.25) is 0 Å². The van der Waals surface area contributed by atoms with Crippen molar-refractivity contribution in [3.8, 4) is 11.5 Å². The van der Waals surface area contributed by atoms with E-state index < -0.39 is 29.3 Å². The van der Waals surface area contributed by atoms with Gasteiger partial charge in [-0.25, -0.2) is 0 Å². The molecular formula is C26H25N3O5. The number of ether oxygens (including phenoxy) is 2. The smallest absolute Gasteiger partial charge is 0.278 e. The minimum Gasteiger partial charge on any atom is -0.502 e. The maximum atomic E-state index is 13.6. The first-order valence-electron chi connectivity index (χ1n) is 11.1. The summed E-state index contributed by atoms with van der Waals surface area (Å²) in [6.45, 7) is 0.802. The van der Waals surface area contributed by atoms with Gasteiger partial charge in [0.05, 0.1) is 6.61 Å². The van der Waals surface area contributed by atoms with Crippen LogP contribution < -0.4 is 15.2 Å². The van der Waals surface area contributed by atoms with Crippen molar-refractivity contribution >= 4 is 5.91 Å². The summed E-state index contributed by atoms with van der Waals surface area (Å²) in [7, 11) is 1.59. The van der Waals surface area contributed by atoms with Crippen LogP contribution in [0.25, 0.3) is 0 Å². The highest BCUT2D eigenvalue weighted by atomic mass is 16.5. The monoisotopic (exact) mass is 459 g/mol. The fourth-order valence-electron chi connectivity index (χ4n) is 4.62. The van der Waals surface area contributed by atoms with Crippen molar-refractivity contribution in [1.82, 2.24) is 9.58 Å². The van der Waals surface area contributed by atoms with E-state index in [1.54, 1.807) is 16.7 Å². The van der Waals surface area contributed by atoms with Crippen molar-refractivity contribution in [1.29, 1.82) is 0 Å². The Kier molecular flexibility index (Phi) is 5.81. The molecule has 2 aromatic carbocycles. The number of carbonyl (C=O) groups excluding carboxylic acids is 1. The molecule has 2 atom stereocenters. The normalized spacial score (nSPS) is 20.6. The van der Waals surface area contributed by atoms with Gasteiger partial charge >= 0.3 is 0 Å².